The molecule has 0 radical (unpaired) electrons. The van der Waals surface area contributed by atoms with Gasteiger partial charge in [0.25, 0.3) is 0 Å². The fourth-order valence-corrected chi connectivity index (χ4v) is 2.69. The van der Waals surface area contributed by atoms with E-state index in [0.717, 1.165) is 12.1 Å². The van der Waals surface area contributed by atoms with Crippen molar-refractivity contribution in [2.24, 2.45) is 0 Å². The molecular weight excluding hydrogens is 274 g/mol. The summed E-state index contributed by atoms with van der Waals surface area (Å²) in [6.07, 6.45) is 1.10. The van der Waals surface area contributed by atoms with Gasteiger partial charge in [-0.15, -0.1) is 11.3 Å². The minimum absolute atomic E-state index is 0.0362. The summed E-state index contributed by atoms with van der Waals surface area (Å²) >= 11 is 1.41. The predicted octanol–water partition coefficient (Wildman–Crippen LogP) is 3.15. The number of ketones is 1. The summed E-state index contributed by atoms with van der Waals surface area (Å²) in [5, 5.41) is 1.87. The number of hydrogen-bond acceptors (Lipinski definition) is 4. The summed E-state index contributed by atoms with van der Waals surface area (Å²) in [7, 11) is 0. The maximum atomic E-state index is 12.4. The van der Waals surface area contributed by atoms with Crippen molar-refractivity contribution in [3.05, 3.63) is 45.4 Å². The molecule has 0 aliphatic heterocycles. The molecule has 0 atom stereocenters. The monoisotopic (exact) mass is 291 g/mol. The van der Waals surface area contributed by atoms with Crippen molar-refractivity contribution < 1.29 is 14.4 Å². The zero-order chi connectivity index (χ0) is 14.7. The summed E-state index contributed by atoms with van der Waals surface area (Å²) in [4.78, 5) is 29.9. The highest BCUT2D eigenvalue weighted by molar-refractivity contribution is 7.12. The molecule has 0 N–H and O–H groups in total. The fraction of sp³-hybridized carbons (Fsp3) is 0.333. The number of carbonyl (C=O) groups is 2. The van der Waals surface area contributed by atoms with Crippen molar-refractivity contribution >= 4 is 23.1 Å². The number of rotatable bonds is 5. The highest BCUT2D eigenvalue weighted by atomic mass is 32.1. The molecule has 0 spiro atoms. The molecule has 5 heteroatoms. The molecule has 0 aliphatic carbocycles. The smallest absolute Gasteiger partial charge is 0.332 e. The Hall–Kier alpha value is -1.88. The minimum atomic E-state index is -0.288. The lowest BCUT2D eigenvalue weighted by molar-refractivity contribution is -0.144. The maximum Gasteiger partial charge on any atom is 0.332 e. The van der Waals surface area contributed by atoms with E-state index in [4.69, 9.17) is 4.84 Å². The summed E-state index contributed by atoms with van der Waals surface area (Å²) in [5.74, 6) is -0.324. The van der Waals surface area contributed by atoms with Crippen LogP contribution >= 0.6 is 11.3 Å². The maximum absolute atomic E-state index is 12.4. The van der Waals surface area contributed by atoms with Crippen molar-refractivity contribution in [2.45, 2.75) is 33.6 Å². The van der Waals surface area contributed by atoms with Crippen molar-refractivity contribution in [1.29, 1.82) is 0 Å². The first-order valence-corrected chi connectivity index (χ1v) is 7.40. The second-order valence-electron chi connectivity index (χ2n) is 4.60. The molecular formula is C15H17NO3S. The van der Waals surface area contributed by atoms with E-state index < -0.39 is 0 Å². The van der Waals surface area contributed by atoms with Crippen LogP contribution < -0.4 is 4.84 Å². The molecule has 0 unspecified atom stereocenters. The van der Waals surface area contributed by atoms with Crippen LogP contribution in [-0.4, -0.2) is 16.5 Å². The Morgan fingerprint density at radius 1 is 1.35 bits per heavy atom. The zero-order valence-corrected chi connectivity index (χ0v) is 12.6. The summed E-state index contributed by atoms with van der Waals surface area (Å²) in [6, 6.07) is 5.40. The van der Waals surface area contributed by atoms with Gasteiger partial charge in [-0.25, -0.2) is 4.79 Å². The quantitative estimate of drug-likeness (QED) is 0.795. The molecule has 0 amide bonds. The standard InChI is InChI=1S/C15H17NO3S/c1-4-6-14(17)19-16-10(2)9-12(11(16)3)15(18)13-7-5-8-20-13/h5,7-9H,4,6H2,1-3H3. The number of nitrogens with zero attached hydrogens (tertiary/aromatic N) is 1. The van der Waals surface area contributed by atoms with Gasteiger partial charge < -0.3 is 4.84 Å². The van der Waals surface area contributed by atoms with Gasteiger partial charge >= 0.3 is 5.97 Å². The normalized spacial score (nSPS) is 10.6. The van der Waals surface area contributed by atoms with Gasteiger partial charge in [-0.3, -0.25) is 4.79 Å². The van der Waals surface area contributed by atoms with Crippen LogP contribution in [0.3, 0.4) is 0 Å². The zero-order valence-electron chi connectivity index (χ0n) is 11.8. The Morgan fingerprint density at radius 3 is 2.70 bits per heavy atom. The molecule has 0 saturated heterocycles. The van der Waals surface area contributed by atoms with Crippen molar-refractivity contribution in [2.75, 3.05) is 0 Å². The van der Waals surface area contributed by atoms with E-state index in [9.17, 15) is 9.59 Å². The summed E-state index contributed by atoms with van der Waals surface area (Å²) in [5.41, 5.74) is 1.98. The molecule has 0 bridgehead atoms. The number of thiophene rings is 1. The molecule has 0 aliphatic rings. The average molecular weight is 291 g/mol. The molecule has 0 saturated carbocycles. The van der Waals surface area contributed by atoms with Gasteiger partial charge in [0.05, 0.1) is 16.3 Å². The van der Waals surface area contributed by atoms with Crippen molar-refractivity contribution in [3.63, 3.8) is 0 Å². The number of aryl methyl sites for hydroxylation is 1. The van der Waals surface area contributed by atoms with Crippen molar-refractivity contribution in [3.8, 4) is 0 Å². The van der Waals surface area contributed by atoms with Crippen LogP contribution in [-0.2, 0) is 4.79 Å². The summed E-state index contributed by atoms with van der Waals surface area (Å²) in [6.45, 7) is 5.52. The average Bonchev–Trinajstić information content (AvgIpc) is 3.02. The van der Waals surface area contributed by atoms with E-state index in [0.29, 0.717) is 22.6 Å². The molecule has 4 nitrogen and oxygen atoms in total. The lowest BCUT2D eigenvalue weighted by Gasteiger charge is -2.09. The van der Waals surface area contributed by atoms with E-state index in [2.05, 4.69) is 0 Å². The second kappa shape index (κ2) is 6.05. The molecule has 2 aromatic heterocycles. The number of carbonyl (C=O) groups excluding carboxylic acids is 2. The fourth-order valence-electron chi connectivity index (χ4n) is 2.01. The predicted molar refractivity (Wildman–Crippen MR) is 78.2 cm³/mol. The number of hydrogen-bond donors (Lipinski definition) is 0. The highest BCUT2D eigenvalue weighted by Crippen LogP contribution is 2.20. The van der Waals surface area contributed by atoms with E-state index in [1.807, 2.05) is 25.3 Å². The third-order valence-electron chi connectivity index (χ3n) is 3.00. The Balaban J connectivity index is 2.29. The highest BCUT2D eigenvalue weighted by Gasteiger charge is 2.19. The van der Waals surface area contributed by atoms with Crippen LogP contribution in [0, 0.1) is 13.8 Å². The van der Waals surface area contributed by atoms with Gasteiger partial charge in [-0.05, 0) is 37.8 Å². The van der Waals surface area contributed by atoms with Gasteiger partial charge in [-0.1, -0.05) is 13.0 Å². The Labute approximate surface area is 121 Å². The van der Waals surface area contributed by atoms with Crippen LogP contribution in [0.1, 0.15) is 46.4 Å². The summed E-state index contributed by atoms with van der Waals surface area (Å²) < 4.78 is 1.44. The Kier molecular flexibility index (Phi) is 4.39. The van der Waals surface area contributed by atoms with Crippen LogP contribution in [0.2, 0.25) is 0 Å². The van der Waals surface area contributed by atoms with E-state index in [-0.39, 0.29) is 11.8 Å². The largest absolute Gasteiger partial charge is 0.337 e. The van der Waals surface area contributed by atoms with Crippen molar-refractivity contribution in [1.82, 2.24) is 4.73 Å². The molecule has 0 aromatic carbocycles. The SMILES string of the molecule is CCCC(=O)On1c(C)cc(C(=O)c2cccs2)c1C. The first kappa shape index (κ1) is 14.5. The lowest BCUT2D eigenvalue weighted by Crippen LogP contribution is -2.21. The Bertz CT molecular complexity index is 626. The van der Waals surface area contributed by atoms with Gasteiger partial charge in [-0.2, -0.15) is 4.73 Å². The second-order valence-corrected chi connectivity index (χ2v) is 5.55. The van der Waals surface area contributed by atoms with Gasteiger partial charge in [0, 0.05) is 12.0 Å². The van der Waals surface area contributed by atoms with E-state index in [1.54, 1.807) is 19.1 Å². The van der Waals surface area contributed by atoms with E-state index >= 15 is 0 Å². The Morgan fingerprint density at radius 2 is 2.10 bits per heavy atom. The van der Waals surface area contributed by atoms with Crippen LogP contribution in [0.25, 0.3) is 0 Å². The van der Waals surface area contributed by atoms with Gasteiger partial charge in [0.1, 0.15) is 0 Å². The van der Waals surface area contributed by atoms with Crippen LogP contribution in [0.4, 0.5) is 0 Å². The lowest BCUT2D eigenvalue weighted by atomic mass is 10.1. The third-order valence-corrected chi connectivity index (χ3v) is 3.87. The topological polar surface area (TPSA) is 48.3 Å². The first-order chi connectivity index (χ1) is 9.54. The first-order valence-electron chi connectivity index (χ1n) is 6.53. The van der Waals surface area contributed by atoms with E-state index in [1.165, 1.54) is 16.1 Å². The molecule has 106 valence electrons. The molecule has 20 heavy (non-hydrogen) atoms. The van der Waals surface area contributed by atoms with Gasteiger partial charge in [0.15, 0.2) is 0 Å². The number of aromatic nitrogens is 1. The molecule has 2 heterocycles. The van der Waals surface area contributed by atoms with Crippen LogP contribution in [0.15, 0.2) is 23.6 Å². The molecule has 0 fully saturated rings. The molecule has 2 aromatic rings. The minimum Gasteiger partial charge on any atom is -0.337 e. The third kappa shape index (κ3) is 2.82. The van der Waals surface area contributed by atoms with Crippen LogP contribution in [0.5, 0.6) is 0 Å². The van der Waals surface area contributed by atoms with Gasteiger partial charge in [0.2, 0.25) is 5.78 Å². The molecule has 2 rings (SSSR count).